The maximum absolute atomic E-state index is 12.5. The minimum absolute atomic E-state index is 0.293. The number of hydrogen-bond acceptors (Lipinski definition) is 1. The molecule has 0 spiro atoms. The lowest BCUT2D eigenvalue weighted by atomic mass is 10.2. The van der Waals surface area contributed by atoms with Crippen molar-refractivity contribution < 1.29 is 13.2 Å². The van der Waals surface area contributed by atoms with E-state index >= 15 is 0 Å². The van der Waals surface area contributed by atoms with Crippen molar-refractivity contribution in [2.45, 2.75) is 6.18 Å². The zero-order valence-corrected chi connectivity index (χ0v) is 12.9. The minimum atomic E-state index is -4.34. The highest BCUT2D eigenvalue weighted by Gasteiger charge is 2.29. The third-order valence-electron chi connectivity index (χ3n) is 2.59. The lowest BCUT2D eigenvalue weighted by Crippen LogP contribution is -2.19. The molecule has 0 heterocycles. The second kappa shape index (κ2) is 6.44. The van der Waals surface area contributed by atoms with Gasteiger partial charge in [0.05, 0.1) is 11.3 Å². The summed E-state index contributed by atoms with van der Waals surface area (Å²) in [5, 5.41) is 6.08. The maximum Gasteiger partial charge on any atom is 0.416 e. The van der Waals surface area contributed by atoms with E-state index in [9.17, 15) is 13.2 Å². The number of nitrogens with one attached hydrogen (secondary N) is 2. The largest absolute Gasteiger partial charge is 0.416 e. The summed E-state index contributed by atoms with van der Waals surface area (Å²) in [7, 11) is 0. The zero-order chi connectivity index (χ0) is 15.5. The number of para-hydroxylation sites is 1. The molecule has 2 rings (SSSR count). The van der Waals surface area contributed by atoms with Crippen LogP contribution in [0.15, 0.2) is 53.0 Å². The number of hydrogen-bond donors (Lipinski definition) is 2. The molecule has 0 saturated heterocycles. The smallest absolute Gasteiger partial charge is 0.332 e. The molecule has 0 fully saturated rings. The first-order valence-corrected chi connectivity index (χ1v) is 7.06. The number of alkyl halides is 3. The summed E-state index contributed by atoms with van der Waals surface area (Å²) < 4.78 is 38.2. The zero-order valence-electron chi connectivity index (χ0n) is 10.5. The fraction of sp³-hybridized carbons (Fsp3) is 0.0714. The predicted octanol–water partition coefficient (Wildman–Crippen LogP) is 5.28. The molecule has 0 atom stereocenters. The molecule has 2 aromatic rings. The Morgan fingerprint density at radius 2 is 1.57 bits per heavy atom. The number of anilines is 2. The normalized spacial score (nSPS) is 11.0. The third-order valence-corrected chi connectivity index (χ3v) is 3.49. The van der Waals surface area contributed by atoms with Gasteiger partial charge in [0.1, 0.15) is 0 Å². The standard InChI is InChI=1S/C14H10BrF3N2S/c15-11-3-1-2-4-12(11)20-13(21)19-10-7-5-9(6-8-10)14(16,17)18/h1-8H,(H2,19,20,21). The molecule has 0 aliphatic carbocycles. The molecule has 110 valence electrons. The Bertz CT molecular complexity index is 641. The fourth-order valence-electron chi connectivity index (χ4n) is 1.59. The van der Waals surface area contributed by atoms with Crippen LogP contribution in [0.2, 0.25) is 0 Å². The first-order valence-electron chi connectivity index (χ1n) is 5.86. The van der Waals surface area contributed by atoms with Crippen LogP contribution in [-0.2, 0) is 6.18 Å². The Balaban J connectivity index is 2.02. The molecular formula is C14H10BrF3N2S. The van der Waals surface area contributed by atoms with Gasteiger partial charge in [-0.25, -0.2) is 0 Å². The van der Waals surface area contributed by atoms with Gasteiger partial charge in [0.25, 0.3) is 0 Å². The number of rotatable bonds is 2. The van der Waals surface area contributed by atoms with Crippen molar-refractivity contribution in [2.24, 2.45) is 0 Å². The van der Waals surface area contributed by atoms with E-state index in [1.54, 1.807) is 0 Å². The summed E-state index contributed by atoms with van der Waals surface area (Å²) in [5.74, 6) is 0. The lowest BCUT2D eigenvalue weighted by Gasteiger charge is -2.12. The summed E-state index contributed by atoms with van der Waals surface area (Å²) in [6.45, 7) is 0. The average Bonchev–Trinajstić information content (AvgIpc) is 2.41. The van der Waals surface area contributed by atoms with Crippen LogP contribution in [0.1, 0.15) is 5.56 Å². The van der Waals surface area contributed by atoms with E-state index in [4.69, 9.17) is 12.2 Å². The van der Waals surface area contributed by atoms with Crippen molar-refractivity contribution in [1.29, 1.82) is 0 Å². The van der Waals surface area contributed by atoms with Gasteiger partial charge in [0.15, 0.2) is 5.11 Å². The lowest BCUT2D eigenvalue weighted by molar-refractivity contribution is -0.137. The fourth-order valence-corrected chi connectivity index (χ4v) is 2.20. The Labute approximate surface area is 133 Å². The summed E-state index contributed by atoms with van der Waals surface area (Å²) in [5.41, 5.74) is 0.548. The molecule has 0 unspecified atom stereocenters. The predicted molar refractivity (Wildman–Crippen MR) is 85.4 cm³/mol. The van der Waals surface area contributed by atoms with Gasteiger partial charge >= 0.3 is 6.18 Å². The van der Waals surface area contributed by atoms with Crippen LogP contribution < -0.4 is 10.6 Å². The van der Waals surface area contributed by atoms with Crippen molar-refractivity contribution in [2.75, 3.05) is 10.6 Å². The molecule has 0 aromatic heterocycles. The van der Waals surface area contributed by atoms with E-state index in [0.717, 1.165) is 22.3 Å². The van der Waals surface area contributed by atoms with Crippen molar-refractivity contribution in [3.05, 3.63) is 58.6 Å². The van der Waals surface area contributed by atoms with Gasteiger partial charge in [0.2, 0.25) is 0 Å². The second-order valence-corrected chi connectivity index (χ2v) is 5.40. The van der Waals surface area contributed by atoms with Gasteiger partial charge in [0, 0.05) is 10.2 Å². The Morgan fingerprint density at radius 1 is 0.952 bits per heavy atom. The molecule has 2 aromatic carbocycles. The van der Waals surface area contributed by atoms with Gasteiger partial charge in [-0.3, -0.25) is 0 Å². The van der Waals surface area contributed by atoms with Crippen molar-refractivity contribution in [3.63, 3.8) is 0 Å². The van der Waals surface area contributed by atoms with E-state index in [1.807, 2.05) is 24.3 Å². The minimum Gasteiger partial charge on any atom is -0.332 e. The molecule has 0 bridgehead atoms. The van der Waals surface area contributed by atoms with Crippen LogP contribution in [0.25, 0.3) is 0 Å². The van der Waals surface area contributed by atoms with Crippen LogP contribution in [0.3, 0.4) is 0 Å². The summed E-state index contributed by atoms with van der Waals surface area (Å²) in [4.78, 5) is 0. The number of halogens is 4. The topological polar surface area (TPSA) is 24.1 Å². The highest BCUT2D eigenvalue weighted by Crippen LogP contribution is 2.29. The summed E-state index contributed by atoms with van der Waals surface area (Å²) >= 11 is 8.49. The van der Waals surface area contributed by atoms with Crippen LogP contribution >= 0.6 is 28.1 Å². The molecule has 0 amide bonds. The van der Waals surface area contributed by atoms with E-state index in [-0.39, 0.29) is 0 Å². The molecule has 0 aliphatic rings. The Kier molecular flexibility index (Phi) is 4.84. The molecule has 21 heavy (non-hydrogen) atoms. The van der Waals surface area contributed by atoms with Crippen molar-refractivity contribution in [3.8, 4) is 0 Å². The average molecular weight is 375 g/mol. The first-order chi connectivity index (χ1) is 9.86. The van der Waals surface area contributed by atoms with Crippen LogP contribution in [0.4, 0.5) is 24.5 Å². The molecule has 2 nitrogen and oxygen atoms in total. The number of benzene rings is 2. The van der Waals surface area contributed by atoms with Crippen molar-refractivity contribution in [1.82, 2.24) is 0 Å². The monoisotopic (exact) mass is 374 g/mol. The molecule has 7 heteroatoms. The van der Waals surface area contributed by atoms with E-state index in [1.165, 1.54) is 12.1 Å². The number of thiocarbonyl (C=S) groups is 1. The van der Waals surface area contributed by atoms with Gasteiger partial charge in [-0.15, -0.1) is 0 Å². The molecular weight excluding hydrogens is 365 g/mol. The highest BCUT2D eigenvalue weighted by molar-refractivity contribution is 9.10. The summed E-state index contributed by atoms with van der Waals surface area (Å²) in [6, 6.07) is 12.0. The molecule has 2 N–H and O–H groups in total. The maximum atomic E-state index is 12.5. The van der Waals surface area contributed by atoms with Crippen LogP contribution in [0, 0.1) is 0 Å². The van der Waals surface area contributed by atoms with E-state index in [2.05, 4.69) is 26.6 Å². The van der Waals surface area contributed by atoms with Crippen molar-refractivity contribution >= 4 is 44.6 Å². The Morgan fingerprint density at radius 3 is 2.14 bits per heavy atom. The van der Waals surface area contributed by atoms with E-state index < -0.39 is 11.7 Å². The molecule has 0 aliphatic heterocycles. The van der Waals surface area contributed by atoms with Gasteiger partial charge in [-0.1, -0.05) is 12.1 Å². The second-order valence-electron chi connectivity index (χ2n) is 4.13. The first kappa shape index (κ1) is 15.8. The summed E-state index contributed by atoms with van der Waals surface area (Å²) in [6.07, 6.45) is -4.34. The quantitative estimate of drug-likeness (QED) is 0.699. The van der Waals surface area contributed by atoms with Crippen LogP contribution in [-0.4, -0.2) is 5.11 Å². The highest BCUT2D eigenvalue weighted by atomic mass is 79.9. The van der Waals surface area contributed by atoms with Crippen LogP contribution in [0.5, 0.6) is 0 Å². The van der Waals surface area contributed by atoms with E-state index in [0.29, 0.717) is 10.8 Å². The van der Waals surface area contributed by atoms with Gasteiger partial charge < -0.3 is 10.6 Å². The Hall–Kier alpha value is -1.60. The SMILES string of the molecule is FC(F)(F)c1ccc(NC(=S)Nc2ccccc2Br)cc1. The molecule has 0 radical (unpaired) electrons. The molecule has 0 saturated carbocycles. The van der Waals surface area contributed by atoms with Gasteiger partial charge in [-0.2, -0.15) is 13.2 Å². The van der Waals surface area contributed by atoms with Gasteiger partial charge in [-0.05, 0) is 64.5 Å². The third kappa shape index (κ3) is 4.44.